The van der Waals surface area contributed by atoms with Crippen molar-refractivity contribution in [3.8, 4) is 0 Å². The van der Waals surface area contributed by atoms with Gasteiger partial charge in [0.2, 0.25) is 0 Å². The second kappa shape index (κ2) is 6.88. The number of anilines is 2. The van der Waals surface area contributed by atoms with Crippen LogP contribution in [0.15, 0.2) is 18.5 Å². The minimum Gasteiger partial charge on any atom is -0.370 e. The molecule has 6 heteroatoms. The van der Waals surface area contributed by atoms with E-state index >= 15 is 0 Å². The number of aryl methyl sites for hydroxylation is 2. The number of nitrogens with zero attached hydrogens (tertiary/aromatic N) is 4. The lowest BCUT2D eigenvalue weighted by Gasteiger charge is -2.10. The maximum atomic E-state index is 4.49. The van der Waals surface area contributed by atoms with Gasteiger partial charge in [-0.15, -0.1) is 0 Å². The monoisotopic (exact) mass is 274 g/mol. The second-order valence-corrected chi connectivity index (χ2v) is 4.64. The highest BCUT2D eigenvalue weighted by atomic mass is 15.1. The molecule has 0 aromatic carbocycles. The summed E-state index contributed by atoms with van der Waals surface area (Å²) in [6, 6.07) is 1.94. The van der Waals surface area contributed by atoms with Crippen molar-refractivity contribution < 1.29 is 0 Å². The van der Waals surface area contributed by atoms with Gasteiger partial charge in [-0.25, -0.2) is 15.0 Å². The molecule has 20 heavy (non-hydrogen) atoms. The molecule has 0 aliphatic carbocycles. The Morgan fingerprint density at radius 3 is 2.50 bits per heavy atom. The maximum Gasteiger partial charge on any atom is 0.132 e. The first-order valence-electron chi connectivity index (χ1n) is 7.04. The zero-order valence-electron chi connectivity index (χ0n) is 12.3. The minimum absolute atomic E-state index is 0.650. The van der Waals surface area contributed by atoms with E-state index < -0.39 is 0 Å². The SMILES string of the molecule is CCCNc1cc(NCc2nccn2C)nc(CC)n1. The summed E-state index contributed by atoms with van der Waals surface area (Å²) in [5.74, 6) is 3.53. The van der Waals surface area contributed by atoms with E-state index in [0.717, 1.165) is 42.7 Å². The molecule has 0 unspecified atom stereocenters. The van der Waals surface area contributed by atoms with Gasteiger partial charge < -0.3 is 15.2 Å². The van der Waals surface area contributed by atoms with Gasteiger partial charge in [0.25, 0.3) is 0 Å². The first kappa shape index (κ1) is 14.3. The Balaban J connectivity index is 2.07. The number of rotatable bonds is 7. The minimum atomic E-state index is 0.650. The van der Waals surface area contributed by atoms with E-state index in [4.69, 9.17) is 0 Å². The van der Waals surface area contributed by atoms with Crippen molar-refractivity contribution in [2.24, 2.45) is 7.05 Å². The Labute approximate surface area is 119 Å². The molecule has 0 fully saturated rings. The summed E-state index contributed by atoms with van der Waals surface area (Å²) in [4.78, 5) is 13.2. The Kier molecular flexibility index (Phi) is 4.92. The molecule has 0 amide bonds. The fourth-order valence-electron chi connectivity index (χ4n) is 1.83. The Morgan fingerprint density at radius 2 is 1.90 bits per heavy atom. The van der Waals surface area contributed by atoms with Crippen molar-refractivity contribution >= 4 is 11.6 Å². The van der Waals surface area contributed by atoms with E-state index in [1.165, 1.54) is 0 Å². The maximum absolute atomic E-state index is 4.49. The number of hydrogen-bond donors (Lipinski definition) is 2. The molecule has 0 atom stereocenters. The van der Waals surface area contributed by atoms with Gasteiger partial charge in [-0.3, -0.25) is 0 Å². The molecule has 2 rings (SSSR count). The van der Waals surface area contributed by atoms with Gasteiger partial charge in [-0.2, -0.15) is 0 Å². The molecule has 2 N–H and O–H groups in total. The molecule has 108 valence electrons. The normalized spacial score (nSPS) is 10.6. The van der Waals surface area contributed by atoms with Crippen LogP contribution in [0.3, 0.4) is 0 Å². The molecule has 0 spiro atoms. The standard InChI is InChI=1S/C14H22N6/c1-4-6-15-12-9-13(19-11(5-2)18-12)17-10-14-16-7-8-20(14)3/h7-9H,4-6,10H2,1-3H3,(H2,15,17,18,19). The Morgan fingerprint density at radius 1 is 1.15 bits per heavy atom. The Bertz CT molecular complexity index is 548. The van der Waals surface area contributed by atoms with Gasteiger partial charge in [-0.1, -0.05) is 13.8 Å². The summed E-state index contributed by atoms with van der Waals surface area (Å²) >= 11 is 0. The highest BCUT2D eigenvalue weighted by Crippen LogP contribution is 2.12. The van der Waals surface area contributed by atoms with E-state index in [1.807, 2.05) is 23.9 Å². The molecular weight excluding hydrogens is 252 g/mol. The molecule has 0 aliphatic rings. The molecule has 6 nitrogen and oxygen atoms in total. The number of aromatic nitrogens is 4. The molecule has 0 aliphatic heterocycles. The molecule has 2 aromatic rings. The average molecular weight is 274 g/mol. The summed E-state index contributed by atoms with van der Waals surface area (Å²) in [7, 11) is 1.98. The van der Waals surface area contributed by atoms with E-state index in [0.29, 0.717) is 6.54 Å². The van der Waals surface area contributed by atoms with Crippen LogP contribution in [-0.4, -0.2) is 26.1 Å². The van der Waals surface area contributed by atoms with Gasteiger partial charge in [0, 0.05) is 38.5 Å². The lowest BCUT2D eigenvalue weighted by atomic mass is 10.4. The van der Waals surface area contributed by atoms with Crippen molar-refractivity contribution in [2.45, 2.75) is 33.2 Å². The van der Waals surface area contributed by atoms with E-state index in [-0.39, 0.29) is 0 Å². The van der Waals surface area contributed by atoms with Crippen LogP contribution in [0.1, 0.15) is 31.9 Å². The summed E-state index contributed by atoms with van der Waals surface area (Å²) < 4.78 is 1.99. The van der Waals surface area contributed by atoms with E-state index in [2.05, 4.69) is 39.4 Å². The molecule has 2 heterocycles. The van der Waals surface area contributed by atoms with Crippen molar-refractivity contribution in [3.05, 3.63) is 30.1 Å². The van der Waals surface area contributed by atoms with Gasteiger partial charge >= 0.3 is 0 Å². The van der Waals surface area contributed by atoms with Crippen LogP contribution in [0.25, 0.3) is 0 Å². The number of imidazole rings is 1. The molecule has 0 bridgehead atoms. The topological polar surface area (TPSA) is 67.7 Å². The van der Waals surface area contributed by atoms with Gasteiger partial charge in [0.05, 0.1) is 6.54 Å². The zero-order chi connectivity index (χ0) is 14.4. The molecule has 0 saturated carbocycles. The second-order valence-electron chi connectivity index (χ2n) is 4.64. The fraction of sp³-hybridized carbons (Fsp3) is 0.500. The third kappa shape index (κ3) is 3.69. The van der Waals surface area contributed by atoms with Crippen LogP contribution in [0.4, 0.5) is 11.6 Å². The fourth-order valence-corrected chi connectivity index (χ4v) is 1.83. The third-order valence-corrected chi connectivity index (χ3v) is 2.99. The number of nitrogens with one attached hydrogen (secondary N) is 2. The summed E-state index contributed by atoms with van der Waals surface area (Å²) in [6.07, 6.45) is 5.62. The predicted octanol–water partition coefficient (Wildman–Crippen LogP) is 2.21. The third-order valence-electron chi connectivity index (χ3n) is 2.99. The first-order valence-corrected chi connectivity index (χ1v) is 7.04. The van der Waals surface area contributed by atoms with Crippen molar-refractivity contribution in [2.75, 3.05) is 17.2 Å². The van der Waals surface area contributed by atoms with Gasteiger partial charge in [0.1, 0.15) is 23.3 Å². The molecule has 0 saturated heterocycles. The van der Waals surface area contributed by atoms with Gasteiger partial charge in [-0.05, 0) is 6.42 Å². The quantitative estimate of drug-likeness (QED) is 0.810. The smallest absolute Gasteiger partial charge is 0.132 e. The summed E-state index contributed by atoms with van der Waals surface area (Å²) in [6.45, 7) is 5.76. The molecule has 0 radical (unpaired) electrons. The summed E-state index contributed by atoms with van der Waals surface area (Å²) in [5, 5.41) is 6.61. The van der Waals surface area contributed by atoms with E-state index in [1.54, 1.807) is 6.20 Å². The Hall–Kier alpha value is -2.11. The largest absolute Gasteiger partial charge is 0.370 e. The predicted molar refractivity (Wildman–Crippen MR) is 80.7 cm³/mol. The number of hydrogen-bond acceptors (Lipinski definition) is 5. The van der Waals surface area contributed by atoms with Crippen LogP contribution >= 0.6 is 0 Å². The molecule has 2 aromatic heterocycles. The van der Waals surface area contributed by atoms with Crippen LogP contribution < -0.4 is 10.6 Å². The zero-order valence-corrected chi connectivity index (χ0v) is 12.3. The van der Waals surface area contributed by atoms with Crippen LogP contribution in [0.2, 0.25) is 0 Å². The van der Waals surface area contributed by atoms with Crippen molar-refractivity contribution in [3.63, 3.8) is 0 Å². The highest BCUT2D eigenvalue weighted by molar-refractivity contribution is 5.47. The summed E-state index contributed by atoms with van der Waals surface area (Å²) in [5.41, 5.74) is 0. The first-order chi connectivity index (χ1) is 9.72. The highest BCUT2D eigenvalue weighted by Gasteiger charge is 2.04. The molecular formula is C14H22N6. The van der Waals surface area contributed by atoms with E-state index in [9.17, 15) is 0 Å². The lowest BCUT2D eigenvalue weighted by Crippen LogP contribution is -2.10. The van der Waals surface area contributed by atoms with Crippen LogP contribution in [-0.2, 0) is 20.0 Å². The lowest BCUT2D eigenvalue weighted by molar-refractivity contribution is 0.808. The van der Waals surface area contributed by atoms with Gasteiger partial charge in [0.15, 0.2) is 0 Å². The van der Waals surface area contributed by atoms with Crippen molar-refractivity contribution in [1.82, 2.24) is 19.5 Å². The van der Waals surface area contributed by atoms with Crippen LogP contribution in [0.5, 0.6) is 0 Å². The average Bonchev–Trinajstić information content (AvgIpc) is 2.88. The van der Waals surface area contributed by atoms with Crippen LogP contribution in [0, 0.1) is 0 Å². The van der Waals surface area contributed by atoms with Crippen molar-refractivity contribution in [1.29, 1.82) is 0 Å².